The van der Waals surface area contributed by atoms with Crippen LogP contribution in [0.5, 0.6) is 0 Å². The number of carboxylic acid groups (broad SMARTS) is 1. The largest absolute Gasteiger partial charge is 0.481 e. The third kappa shape index (κ3) is 4.56. The average Bonchev–Trinajstić information content (AvgIpc) is 3.74. The van der Waals surface area contributed by atoms with Crippen LogP contribution in [0.3, 0.4) is 0 Å². The van der Waals surface area contributed by atoms with Gasteiger partial charge in [0.15, 0.2) is 0 Å². The van der Waals surface area contributed by atoms with Gasteiger partial charge < -0.3 is 24.4 Å². The fourth-order valence-electron chi connectivity index (χ4n) is 13.1. The zero-order valence-electron chi connectivity index (χ0n) is 29.0. The maximum Gasteiger partial charge on any atom is 0.315 e. The number of carboxylic acids is 1. The number of likely N-dealkylation sites (tertiary alicyclic amines) is 2. The Morgan fingerprint density at radius 1 is 1.07 bits per heavy atom. The molecule has 0 aromatic heterocycles. The second-order valence-electron chi connectivity index (χ2n) is 17.4. The van der Waals surface area contributed by atoms with Crippen molar-refractivity contribution in [3.63, 3.8) is 0 Å². The Balaban J connectivity index is 1.17. The number of aldehydes is 1. The second kappa shape index (κ2) is 12.0. The van der Waals surface area contributed by atoms with E-state index in [1.54, 1.807) is 0 Å². The van der Waals surface area contributed by atoms with Crippen molar-refractivity contribution in [1.29, 1.82) is 0 Å². The Bertz CT molecular complexity index is 1150. The number of aliphatic carboxylic acids is 1. The topological polar surface area (TPSA) is 70.1 Å². The summed E-state index contributed by atoms with van der Waals surface area (Å²) in [6.45, 7) is 17.2. The summed E-state index contributed by atoms with van der Waals surface area (Å²) >= 11 is 0. The average molecular weight is 623 g/mol. The predicted molar refractivity (Wildman–Crippen MR) is 178 cm³/mol. The maximum atomic E-state index is 14.1. The molecule has 4 aliphatic carbocycles. The number of carbonyl (C=O) groups is 2. The van der Waals surface area contributed by atoms with Crippen molar-refractivity contribution in [2.45, 2.75) is 130 Å². The summed E-state index contributed by atoms with van der Waals surface area (Å²) in [5, 5.41) is 11.5. The number of hydrogen-bond donors (Lipinski definition) is 1. The number of rotatable bonds is 10. The fraction of sp³-hybridized carbons (Fsp3) is 0.897. The molecule has 0 amide bonds. The molecule has 7 aliphatic rings. The smallest absolute Gasteiger partial charge is 0.315 e. The van der Waals surface area contributed by atoms with E-state index >= 15 is 0 Å². The Hall–Kier alpha value is -1.24. The molecule has 0 aromatic rings. The maximum absolute atomic E-state index is 14.1. The molecule has 7 rings (SSSR count). The molecule has 0 spiro atoms. The molecule has 6 heteroatoms. The third-order valence-electron chi connectivity index (χ3n) is 15.2. The van der Waals surface area contributed by atoms with E-state index in [-0.39, 0.29) is 30.0 Å². The van der Waals surface area contributed by atoms with E-state index in [2.05, 4.69) is 50.5 Å². The van der Waals surface area contributed by atoms with Crippen molar-refractivity contribution in [3.8, 4) is 0 Å². The van der Waals surface area contributed by atoms with Crippen LogP contribution in [0.25, 0.3) is 0 Å². The lowest BCUT2D eigenvalue weighted by molar-refractivity contribution is -0.197. The van der Waals surface area contributed by atoms with E-state index in [0.29, 0.717) is 24.2 Å². The summed E-state index contributed by atoms with van der Waals surface area (Å²) in [4.78, 5) is 33.1. The van der Waals surface area contributed by atoms with Crippen LogP contribution >= 0.6 is 0 Å². The lowest BCUT2D eigenvalue weighted by atomic mass is 9.41. The monoisotopic (exact) mass is 622 g/mol. The SMILES string of the molecule is CCCCC1CC(C23C[C@@H]4[C@H](C)CC[C@H]4C4(C=O)CC2C=C(C(C)C)C34C(=O)O)OC1CN1CCC(N2CCC(C)CC2)CC1. The number of unbranched alkanes of at least 4 members (excludes halogenated alkanes) is 1. The van der Waals surface area contributed by atoms with E-state index in [0.717, 1.165) is 69.3 Å². The number of hydrogen-bond acceptors (Lipinski definition) is 5. The van der Waals surface area contributed by atoms with Gasteiger partial charge in [-0.3, -0.25) is 4.79 Å². The van der Waals surface area contributed by atoms with Gasteiger partial charge in [-0.2, -0.15) is 0 Å². The molecular weight excluding hydrogens is 560 g/mol. The Labute approximate surface area is 273 Å². The van der Waals surface area contributed by atoms with Gasteiger partial charge in [-0.1, -0.05) is 65.5 Å². The molecular formula is C39H62N2O4. The van der Waals surface area contributed by atoms with Crippen molar-refractivity contribution in [2.24, 2.45) is 57.7 Å². The van der Waals surface area contributed by atoms with Crippen LogP contribution in [0.4, 0.5) is 0 Å². The van der Waals surface area contributed by atoms with Crippen LogP contribution < -0.4 is 0 Å². The molecule has 6 fully saturated rings. The van der Waals surface area contributed by atoms with Gasteiger partial charge in [0.05, 0.1) is 17.6 Å². The van der Waals surface area contributed by atoms with Crippen LogP contribution in [-0.2, 0) is 14.3 Å². The zero-order chi connectivity index (χ0) is 31.7. The van der Waals surface area contributed by atoms with Crippen LogP contribution in [0.2, 0.25) is 0 Å². The van der Waals surface area contributed by atoms with E-state index in [4.69, 9.17) is 4.74 Å². The molecule has 7 unspecified atom stereocenters. The summed E-state index contributed by atoms with van der Waals surface area (Å²) in [6, 6.07) is 0.728. The number of fused-ring (bicyclic) bond motifs is 2. The molecule has 3 saturated heterocycles. The highest BCUT2D eigenvalue weighted by Gasteiger charge is 2.86. The summed E-state index contributed by atoms with van der Waals surface area (Å²) in [6.07, 6.45) is 17.0. The van der Waals surface area contributed by atoms with Gasteiger partial charge in [0.2, 0.25) is 0 Å². The minimum atomic E-state index is -1.13. The second-order valence-corrected chi connectivity index (χ2v) is 17.4. The van der Waals surface area contributed by atoms with E-state index in [9.17, 15) is 14.7 Å². The number of piperidine rings is 2. The molecule has 3 aliphatic heterocycles. The minimum absolute atomic E-state index is 0.0959. The van der Waals surface area contributed by atoms with Crippen molar-refractivity contribution in [2.75, 3.05) is 32.7 Å². The highest BCUT2D eigenvalue weighted by atomic mass is 16.5. The van der Waals surface area contributed by atoms with Crippen LogP contribution in [0.15, 0.2) is 11.6 Å². The van der Waals surface area contributed by atoms with Crippen molar-refractivity contribution >= 4 is 12.3 Å². The van der Waals surface area contributed by atoms with Gasteiger partial charge in [-0.05, 0) is 125 Å². The molecule has 3 heterocycles. The molecule has 4 bridgehead atoms. The summed E-state index contributed by atoms with van der Waals surface area (Å²) < 4.78 is 7.38. The zero-order valence-corrected chi connectivity index (χ0v) is 29.0. The van der Waals surface area contributed by atoms with Crippen LogP contribution in [0, 0.1) is 57.7 Å². The highest BCUT2D eigenvalue weighted by Crippen LogP contribution is 2.84. The normalized spacial score (nSPS) is 45.7. The van der Waals surface area contributed by atoms with Crippen molar-refractivity contribution in [3.05, 3.63) is 11.6 Å². The Morgan fingerprint density at radius 2 is 1.80 bits per heavy atom. The molecule has 0 radical (unpaired) electrons. The number of ether oxygens (including phenoxy) is 1. The van der Waals surface area contributed by atoms with E-state index in [1.165, 1.54) is 57.9 Å². The predicted octanol–water partition coefficient (Wildman–Crippen LogP) is 7.07. The first kappa shape index (κ1) is 32.3. The Morgan fingerprint density at radius 3 is 2.44 bits per heavy atom. The molecule has 6 nitrogen and oxygen atoms in total. The van der Waals surface area contributed by atoms with Crippen LogP contribution in [0.1, 0.15) is 112 Å². The van der Waals surface area contributed by atoms with Gasteiger partial charge in [0, 0.05) is 18.0 Å². The van der Waals surface area contributed by atoms with Crippen LogP contribution in [-0.4, -0.2) is 78.1 Å². The lowest BCUT2D eigenvalue weighted by Crippen LogP contribution is -2.65. The molecule has 1 N–H and O–H groups in total. The van der Waals surface area contributed by atoms with Crippen molar-refractivity contribution < 1.29 is 19.4 Å². The van der Waals surface area contributed by atoms with E-state index < -0.39 is 22.2 Å². The first-order valence-corrected chi connectivity index (χ1v) is 19.2. The third-order valence-corrected chi connectivity index (χ3v) is 15.2. The lowest BCUT2D eigenvalue weighted by Gasteiger charge is -2.60. The van der Waals surface area contributed by atoms with Gasteiger partial charge >= 0.3 is 5.97 Å². The number of carbonyl (C=O) groups excluding carboxylic acids is 1. The van der Waals surface area contributed by atoms with E-state index in [1.807, 2.05) is 0 Å². The molecule has 252 valence electrons. The minimum Gasteiger partial charge on any atom is -0.481 e. The number of nitrogens with zero attached hydrogens (tertiary/aromatic N) is 2. The van der Waals surface area contributed by atoms with Crippen molar-refractivity contribution in [1.82, 2.24) is 9.80 Å². The summed E-state index contributed by atoms with van der Waals surface area (Å²) in [7, 11) is 0. The molecule has 10 atom stereocenters. The van der Waals surface area contributed by atoms with Gasteiger partial charge in [-0.25, -0.2) is 0 Å². The summed E-state index contributed by atoms with van der Waals surface area (Å²) in [5.74, 6) is 1.96. The fourth-order valence-corrected chi connectivity index (χ4v) is 13.1. The molecule has 3 saturated carbocycles. The highest BCUT2D eigenvalue weighted by molar-refractivity contribution is 5.90. The standard InChI is InChI=1S/C39H62N2O4/c1-6-7-8-28-19-35(45-34(28)23-40-15-13-30(14-16-40)41-17-11-26(4)12-18-41)38-22-31-27(5)9-10-32(31)37(24-42)21-29(38)20-33(25(2)3)39(37,38)36(43)44/h20,24-32,34-35H,6-19,21-23H2,1-5H3,(H,43,44)/t27-,28?,29?,31-,32-,34?,35?,37?,38?,39?/m1/s1. The molecule has 0 aromatic carbocycles. The van der Waals surface area contributed by atoms with Gasteiger partial charge in [0.25, 0.3) is 0 Å². The van der Waals surface area contributed by atoms with Gasteiger partial charge in [-0.15, -0.1) is 0 Å². The Kier molecular flexibility index (Phi) is 8.63. The van der Waals surface area contributed by atoms with Gasteiger partial charge in [0.1, 0.15) is 11.7 Å². The summed E-state index contributed by atoms with van der Waals surface area (Å²) in [5.41, 5.74) is -1.41. The molecule has 45 heavy (non-hydrogen) atoms. The first-order valence-electron chi connectivity index (χ1n) is 19.2. The quantitative estimate of drug-likeness (QED) is 0.208. The first-order chi connectivity index (χ1) is 21.6. The number of allylic oxidation sites excluding steroid dienone is 1.